The lowest BCUT2D eigenvalue weighted by molar-refractivity contribution is 0.235. The van der Waals surface area contributed by atoms with Gasteiger partial charge >= 0.3 is 6.03 Å². The molecule has 106 valence electrons. The van der Waals surface area contributed by atoms with E-state index in [2.05, 4.69) is 25.8 Å². The third kappa shape index (κ3) is 2.45. The molecule has 3 rings (SSSR count). The van der Waals surface area contributed by atoms with Gasteiger partial charge in [-0.25, -0.2) is 9.78 Å². The summed E-state index contributed by atoms with van der Waals surface area (Å²) in [5.41, 5.74) is 3.37. The molecular weight excluding hydrogens is 254 g/mol. The van der Waals surface area contributed by atoms with Crippen molar-refractivity contribution in [2.75, 3.05) is 6.54 Å². The highest BCUT2D eigenvalue weighted by atomic mass is 16.2. The zero-order valence-electron chi connectivity index (χ0n) is 11.6. The van der Waals surface area contributed by atoms with Crippen molar-refractivity contribution in [3.8, 4) is 0 Å². The third-order valence-corrected chi connectivity index (χ3v) is 3.76. The fraction of sp³-hybridized carbons (Fsp3) is 0.500. The molecule has 0 radical (unpaired) electrons. The minimum Gasteiger partial charge on any atom is -0.338 e. The summed E-state index contributed by atoms with van der Waals surface area (Å²) in [7, 11) is 0. The number of carbonyl (C=O) groups is 1. The highest BCUT2D eigenvalue weighted by Crippen LogP contribution is 2.26. The maximum absolute atomic E-state index is 11.7. The Balaban J connectivity index is 1.70. The molecule has 20 heavy (non-hydrogen) atoms. The fourth-order valence-electron chi connectivity index (χ4n) is 2.75. The lowest BCUT2D eigenvalue weighted by Crippen LogP contribution is -2.44. The number of hydrogen-bond donors (Lipinski definition) is 3. The topological polar surface area (TPSA) is 82.7 Å². The average Bonchev–Trinajstić information content (AvgIpc) is 2.93. The second kappa shape index (κ2) is 5.48. The number of H-pyrrole nitrogens is 1. The van der Waals surface area contributed by atoms with Crippen molar-refractivity contribution in [2.24, 2.45) is 0 Å². The number of fused-ring (bicyclic) bond motifs is 3. The quantitative estimate of drug-likeness (QED) is 0.793. The first-order valence-electron chi connectivity index (χ1n) is 7.12. The Kier molecular flexibility index (Phi) is 3.54. The highest BCUT2D eigenvalue weighted by molar-refractivity contribution is 5.79. The van der Waals surface area contributed by atoms with Crippen LogP contribution in [0.15, 0.2) is 12.4 Å². The van der Waals surface area contributed by atoms with Gasteiger partial charge < -0.3 is 10.6 Å². The highest BCUT2D eigenvalue weighted by Gasteiger charge is 2.22. The van der Waals surface area contributed by atoms with Gasteiger partial charge in [0.25, 0.3) is 0 Å². The summed E-state index contributed by atoms with van der Waals surface area (Å²) < 4.78 is 0. The van der Waals surface area contributed by atoms with Gasteiger partial charge in [-0.1, -0.05) is 6.92 Å². The van der Waals surface area contributed by atoms with Crippen LogP contribution in [0.2, 0.25) is 0 Å². The largest absolute Gasteiger partial charge is 0.338 e. The van der Waals surface area contributed by atoms with Crippen molar-refractivity contribution in [3.63, 3.8) is 0 Å². The van der Waals surface area contributed by atoms with E-state index >= 15 is 0 Å². The molecule has 2 aromatic heterocycles. The maximum atomic E-state index is 11.7. The number of aromatic nitrogens is 3. The van der Waals surface area contributed by atoms with Gasteiger partial charge in [0.05, 0.1) is 6.20 Å². The van der Waals surface area contributed by atoms with Crippen LogP contribution >= 0.6 is 0 Å². The van der Waals surface area contributed by atoms with Crippen LogP contribution in [0.4, 0.5) is 4.79 Å². The molecule has 2 heterocycles. The SMILES string of the molecule is CCCNC(=O)NC1CCc2c(cnc3[nH]ncc23)C1. The molecule has 0 aromatic carbocycles. The molecule has 3 N–H and O–H groups in total. The summed E-state index contributed by atoms with van der Waals surface area (Å²) in [6, 6.07) is 0.114. The molecule has 6 heteroatoms. The van der Waals surface area contributed by atoms with E-state index in [0.717, 1.165) is 36.7 Å². The Morgan fingerprint density at radius 1 is 1.50 bits per heavy atom. The summed E-state index contributed by atoms with van der Waals surface area (Å²) in [6.07, 6.45) is 7.42. The first-order chi connectivity index (χ1) is 9.78. The smallest absolute Gasteiger partial charge is 0.315 e. The maximum Gasteiger partial charge on any atom is 0.315 e. The van der Waals surface area contributed by atoms with Crippen molar-refractivity contribution in [1.29, 1.82) is 0 Å². The first-order valence-corrected chi connectivity index (χ1v) is 7.12. The molecule has 1 aliphatic rings. The van der Waals surface area contributed by atoms with Crippen molar-refractivity contribution < 1.29 is 4.79 Å². The number of nitrogens with one attached hydrogen (secondary N) is 3. The van der Waals surface area contributed by atoms with E-state index in [0.29, 0.717) is 6.54 Å². The van der Waals surface area contributed by atoms with Gasteiger partial charge in [-0.3, -0.25) is 5.10 Å². The molecule has 1 aliphatic carbocycles. The number of rotatable bonds is 3. The summed E-state index contributed by atoms with van der Waals surface area (Å²) in [5.74, 6) is 0. The van der Waals surface area contributed by atoms with E-state index < -0.39 is 0 Å². The lowest BCUT2D eigenvalue weighted by atomic mass is 9.88. The molecule has 0 saturated carbocycles. The minimum atomic E-state index is -0.0716. The van der Waals surface area contributed by atoms with Gasteiger partial charge in [-0.15, -0.1) is 0 Å². The molecule has 0 aliphatic heterocycles. The number of urea groups is 1. The average molecular weight is 273 g/mol. The van der Waals surface area contributed by atoms with Crippen LogP contribution in [-0.2, 0) is 12.8 Å². The van der Waals surface area contributed by atoms with Gasteiger partial charge in [-0.2, -0.15) is 5.10 Å². The number of amides is 2. The Bertz CT molecular complexity index is 621. The number of aryl methyl sites for hydroxylation is 1. The van der Waals surface area contributed by atoms with Crippen LogP contribution in [-0.4, -0.2) is 33.8 Å². The van der Waals surface area contributed by atoms with E-state index in [9.17, 15) is 4.79 Å². The predicted molar refractivity (Wildman–Crippen MR) is 76.5 cm³/mol. The second-order valence-corrected chi connectivity index (χ2v) is 5.23. The van der Waals surface area contributed by atoms with E-state index in [4.69, 9.17) is 0 Å². The molecule has 0 saturated heterocycles. The van der Waals surface area contributed by atoms with E-state index in [1.54, 1.807) is 0 Å². The van der Waals surface area contributed by atoms with Crippen LogP contribution in [0, 0.1) is 0 Å². The third-order valence-electron chi connectivity index (χ3n) is 3.76. The Hall–Kier alpha value is -2.11. The molecule has 0 fully saturated rings. The molecule has 0 spiro atoms. The molecule has 1 unspecified atom stereocenters. The minimum absolute atomic E-state index is 0.0716. The number of hydrogen-bond acceptors (Lipinski definition) is 3. The van der Waals surface area contributed by atoms with Crippen molar-refractivity contribution in [2.45, 2.75) is 38.6 Å². The van der Waals surface area contributed by atoms with Crippen LogP contribution in [0.1, 0.15) is 30.9 Å². The Morgan fingerprint density at radius 3 is 3.25 bits per heavy atom. The number of carbonyl (C=O) groups excluding carboxylic acids is 1. The van der Waals surface area contributed by atoms with Crippen LogP contribution in [0.3, 0.4) is 0 Å². The molecule has 0 bridgehead atoms. The number of aromatic amines is 1. The van der Waals surface area contributed by atoms with Gasteiger partial charge in [0.1, 0.15) is 0 Å². The van der Waals surface area contributed by atoms with Gasteiger partial charge in [0.15, 0.2) is 5.65 Å². The molecular formula is C14H19N5O. The summed E-state index contributed by atoms with van der Waals surface area (Å²) >= 11 is 0. The predicted octanol–water partition coefficient (Wildman–Crippen LogP) is 1.52. The molecule has 6 nitrogen and oxygen atoms in total. The zero-order valence-corrected chi connectivity index (χ0v) is 11.6. The monoisotopic (exact) mass is 273 g/mol. The van der Waals surface area contributed by atoms with Crippen molar-refractivity contribution in [3.05, 3.63) is 23.5 Å². The van der Waals surface area contributed by atoms with E-state index in [1.807, 2.05) is 19.3 Å². The Morgan fingerprint density at radius 2 is 2.40 bits per heavy atom. The number of pyridine rings is 1. The Labute approximate surface area is 117 Å². The van der Waals surface area contributed by atoms with Gasteiger partial charge in [-0.05, 0) is 36.8 Å². The van der Waals surface area contributed by atoms with Gasteiger partial charge in [0, 0.05) is 24.2 Å². The summed E-state index contributed by atoms with van der Waals surface area (Å²) in [5, 5.41) is 13.9. The van der Waals surface area contributed by atoms with E-state index in [1.165, 1.54) is 11.1 Å². The lowest BCUT2D eigenvalue weighted by Gasteiger charge is -2.25. The summed E-state index contributed by atoms with van der Waals surface area (Å²) in [4.78, 5) is 16.1. The first kappa shape index (κ1) is 12.9. The molecule has 2 amide bonds. The normalized spacial score (nSPS) is 17.8. The zero-order chi connectivity index (χ0) is 13.9. The molecule has 1 atom stereocenters. The standard InChI is InChI=1S/C14H19N5O/c1-2-5-15-14(20)18-10-3-4-11-9(6-10)7-16-13-12(11)8-17-19-13/h7-8,10H,2-6H2,1H3,(H2,15,18,20)(H,16,17,19). The van der Waals surface area contributed by atoms with Crippen LogP contribution in [0.25, 0.3) is 11.0 Å². The van der Waals surface area contributed by atoms with Gasteiger partial charge in [0.2, 0.25) is 0 Å². The van der Waals surface area contributed by atoms with Crippen molar-refractivity contribution >= 4 is 17.1 Å². The van der Waals surface area contributed by atoms with Crippen LogP contribution in [0.5, 0.6) is 0 Å². The van der Waals surface area contributed by atoms with Crippen LogP contribution < -0.4 is 10.6 Å². The van der Waals surface area contributed by atoms with Crippen molar-refractivity contribution in [1.82, 2.24) is 25.8 Å². The van der Waals surface area contributed by atoms with E-state index in [-0.39, 0.29) is 12.1 Å². The molecule has 2 aromatic rings. The second-order valence-electron chi connectivity index (χ2n) is 5.23. The fourth-order valence-corrected chi connectivity index (χ4v) is 2.75. The number of nitrogens with zero attached hydrogens (tertiary/aromatic N) is 2. The summed E-state index contributed by atoms with van der Waals surface area (Å²) in [6.45, 7) is 2.76.